The van der Waals surface area contributed by atoms with Crippen molar-refractivity contribution in [3.8, 4) is 0 Å². The molecule has 4 heteroatoms. The van der Waals surface area contributed by atoms with E-state index in [1.807, 2.05) is 31.2 Å². The molecule has 0 aliphatic heterocycles. The lowest BCUT2D eigenvalue weighted by molar-refractivity contribution is 0.0934. The van der Waals surface area contributed by atoms with E-state index < -0.39 is 0 Å². The fraction of sp³-hybridized carbons (Fsp3) is 0.471. The lowest BCUT2D eigenvalue weighted by atomic mass is 9.88. The third-order valence-corrected chi connectivity index (χ3v) is 3.86. The van der Waals surface area contributed by atoms with E-state index in [1.165, 1.54) is 0 Å². The van der Waals surface area contributed by atoms with Gasteiger partial charge < -0.3 is 15.4 Å². The van der Waals surface area contributed by atoms with Crippen LogP contribution in [0.1, 0.15) is 42.7 Å². The highest BCUT2D eigenvalue weighted by Gasteiger charge is 2.21. The van der Waals surface area contributed by atoms with Crippen molar-refractivity contribution in [1.29, 1.82) is 0 Å². The number of aliphatic hydroxyl groups is 1. The van der Waals surface area contributed by atoms with Gasteiger partial charge in [0.15, 0.2) is 0 Å². The molecule has 0 atom stereocenters. The number of benzene rings is 1. The van der Waals surface area contributed by atoms with Crippen molar-refractivity contribution < 1.29 is 9.90 Å². The van der Waals surface area contributed by atoms with E-state index in [-0.39, 0.29) is 17.9 Å². The Hall–Kier alpha value is -1.81. The largest absolute Gasteiger partial charge is 0.396 e. The van der Waals surface area contributed by atoms with Gasteiger partial charge >= 0.3 is 0 Å². The maximum atomic E-state index is 12.5. The highest BCUT2D eigenvalue weighted by atomic mass is 16.2. The number of aromatic amines is 1. The average Bonchev–Trinajstić information content (AvgIpc) is 2.78. The van der Waals surface area contributed by atoms with Crippen molar-refractivity contribution in [3.05, 3.63) is 35.5 Å². The molecule has 0 saturated heterocycles. The summed E-state index contributed by atoms with van der Waals surface area (Å²) in [5.41, 5.74) is 2.59. The molecule has 0 aliphatic carbocycles. The Kier molecular flexibility index (Phi) is 4.68. The minimum Gasteiger partial charge on any atom is -0.396 e. The maximum absolute atomic E-state index is 12.5. The Labute approximate surface area is 125 Å². The van der Waals surface area contributed by atoms with E-state index in [1.54, 1.807) is 0 Å². The van der Waals surface area contributed by atoms with Crippen LogP contribution in [0.25, 0.3) is 10.9 Å². The molecule has 0 bridgehead atoms. The molecule has 0 aliphatic rings. The number of nitrogens with one attached hydrogen (secondary N) is 2. The summed E-state index contributed by atoms with van der Waals surface area (Å²) in [7, 11) is 0. The van der Waals surface area contributed by atoms with Crippen molar-refractivity contribution in [2.75, 3.05) is 13.2 Å². The van der Waals surface area contributed by atoms with Crippen molar-refractivity contribution in [1.82, 2.24) is 10.3 Å². The van der Waals surface area contributed by atoms with Gasteiger partial charge in [0, 0.05) is 29.7 Å². The zero-order chi connectivity index (χ0) is 15.5. The summed E-state index contributed by atoms with van der Waals surface area (Å²) in [6, 6.07) is 7.84. The van der Waals surface area contributed by atoms with Crippen LogP contribution in [0.5, 0.6) is 0 Å². The second-order valence-corrected chi connectivity index (χ2v) is 6.34. The van der Waals surface area contributed by atoms with E-state index >= 15 is 0 Å². The number of hydrogen-bond acceptors (Lipinski definition) is 2. The number of aromatic nitrogens is 1. The van der Waals surface area contributed by atoms with Gasteiger partial charge in [0.2, 0.25) is 0 Å². The predicted octanol–water partition coefficient (Wildman–Crippen LogP) is 3.00. The molecule has 1 amide bonds. The molecule has 0 fully saturated rings. The fourth-order valence-electron chi connectivity index (χ4n) is 2.62. The second kappa shape index (κ2) is 6.31. The van der Waals surface area contributed by atoms with Crippen LogP contribution in [0.4, 0.5) is 0 Å². The number of carbonyl (C=O) groups is 1. The Bertz CT molecular complexity index is 629. The Morgan fingerprint density at radius 1 is 1.33 bits per heavy atom. The van der Waals surface area contributed by atoms with Crippen molar-refractivity contribution in [2.24, 2.45) is 5.41 Å². The summed E-state index contributed by atoms with van der Waals surface area (Å²) in [5, 5.41) is 12.9. The molecule has 0 saturated carbocycles. The summed E-state index contributed by atoms with van der Waals surface area (Å²) >= 11 is 0. The molecule has 0 radical (unpaired) electrons. The second-order valence-electron chi connectivity index (χ2n) is 6.34. The number of rotatable bonds is 6. The van der Waals surface area contributed by atoms with Crippen LogP contribution in [0, 0.1) is 12.3 Å². The first-order valence-electron chi connectivity index (χ1n) is 7.41. The molecular formula is C17H24N2O2. The molecule has 2 aromatic rings. The Balaban J connectivity index is 2.11. The highest BCUT2D eigenvalue weighted by molar-refractivity contribution is 6.08. The summed E-state index contributed by atoms with van der Waals surface area (Å²) in [6.07, 6.45) is 1.64. The molecule has 21 heavy (non-hydrogen) atoms. The van der Waals surface area contributed by atoms with Gasteiger partial charge in [-0.3, -0.25) is 4.79 Å². The number of fused-ring (bicyclic) bond motifs is 1. The quantitative estimate of drug-likeness (QED) is 0.765. The molecule has 0 spiro atoms. The molecule has 1 aromatic carbocycles. The average molecular weight is 288 g/mol. The predicted molar refractivity (Wildman–Crippen MR) is 85.5 cm³/mol. The minimum atomic E-state index is -0.0398. The normalized spacial score (nSPS) is 11.8. The Morgan fingerprint density at radius 3 is 2.76 bits per heavy atom. The molecule has 1 heterocycles. The number of hydrogen-bond donors (Lipinski definition) is 3. The molecule has 3 N–H and O–H groups in total. The van der Waals surface area contributed by atoms with Crippen molar-refractivity contribution in [3.63, 3.8) is 0 Å². The topological polar surface area (TPSA) is 65.1 Å². The van der Waals surface area contributed by atoms with E-state index in [9.17, 15) is 4.79 Å². The Morgan fingerprint density at radius 2 is 2.05 bits per heavy atom. The number of aliphatic hydroxyl groups excluding tert-OH is 1. The SMILES string of the molecule is Cc1[nH]c2ccccc2c1C(=O)NCC(C)(C)CCCO. The summed E-state index contributed by atoms with van der Waals surface area (Å²) in [4.78, 5) is 15.7. The van der Waals surface area contributed by atoms with E-state index in [4.69, 9.17) is 5.11 Å². The first-order valence-corrected chi connectivity index (χ1v) is 7.41. The van der Waals surface area contributed by atoms with Gasteiger partial charge in [-0.2, -0.15) is 0 Å². The standard InChI is InChI=1S/C17H24N2O2/c1-12-15(13-7-4-5-8-14(13)19-12)16(21)18-11-17(2,3)9-6-10-20/h4-5,7-8,19-20H,6,9-11H2,1-3H3,(H,18,21). The molecular weight excluding hydrogens is 264 g/mol. The molecule has 0 unspecified atom stereocenters. The van der Waals surface area contributed by atoms with Gasteiger partial charge in [-0.15, -0.1) is 0 Å². The summed E-state index contributed by atoms with van der Waals surface area (Å²) in [5.74, 6) is -0.0398. The third-order valence-electron chi connectivity index (χ3n) is 3.86. The smallest absolute Gasteiger partial charge is 0.253 e. The number of carbonyl (C=O) groups excluding carboxylic acids is 1. The van der Waals surface area contributed by atoms with Crippen LogP contribution in [0.2, 0.25) is 0 Å². The van der Waals surface area contributed by atoms with Crippen LogP contribution in [-0.2, 0) is 0 Å². The lowest BCUT2D eigenvalue weighted by Gasteiger charge is -2.24. The third kappa shape index (κ3) is 3.64. The van der Waals surface area contributed by atoms with Crippen LogP contribution < -0.4 is 5.32 Å². The number of aryl methyl sites for hydroxylation is 1. The van der Waals surface area contributed by atoms with Gasteiger partial charge in [0.05, 0.1) is 5.56 Å². The fourth-order valence-corrected chi connectivity index (χ4v) is 2.62. The summed E-state index contributed by atoms with van der Waals surface area (Å²) < 4.78 is 0. The van der Waals surface area contributed by atoms with Gasteiger partial charge in [0.25, 0.3) is 5.91 Å². The van der Waals surface area contributed by atoms with E-state index in [2.05, 4.69) is 24.1 Å². The van der Waals surface area contributed by atoms with Crippen LogP contribution in [-0.4, -0.2) is 29.1 Å². The monoisotopic (exact) mass is 288 g/mol. The molecule has 4 nitrogen and oxygen atoms in total. The summed E-state index contributed by atoms with van der Waals surface area (Å²) in [6.45, 7) is 6.92. The molecule has 114 valence electrons. The lowest BCUT2D eigenvalue weighted by Crippen LogP contribution is -2.34. The van der Waals surface area contributed by atoms with Gasteiger partial charge in [0.1, 0.15) is 0 Å². The highest BCUT2D eigenvalue weighted by Crippen LogP contribution is 2.23. The van der Waals surface area contributed by atoms with Crippen LogP contribution >= 0.6 is 0 Å². The van der Waals surface area contributed by atoms with E-state index in [0.29, 0.717) is 6.54 Å². The first kappa shape index (κ1) is 15.6. The number of amides is 1. The van der Waals surface area contributed by atoms with E-state index in [0.717, 1.165) is 35.0 Å². The first-order chi connectivity index (χ1) is 9.94. The maximum Gasteiger partial charge on any atom is 0.253 e. The number of H-pyrrole nitrogens is 1. The number of para-hydroxylation sites is 1. The zero-order valence-electron chi connectivity index (χ0n) is 13.0. The van der Waals surface area contributed by atoms with Gasteiger partial charge in [-0.25, -0.2) is 0 Å². The van der Waals surface area contributed by atoms with Crippen LogP contribution in [0.15, 0.2) is 24.3 Å². The zero-order valence-corrected chi connectivity index (χ0v) is 13.0. The molecule has 1 aromatic heterocycles. The van der Waals surface area contributed by atoms with Gasteiger partial charge in [-0.05, 0) is 31.2 Å². The van der Waals surface area contributed by atoms with Crippen molar-refractivity contribution >= 4 is 16.8 Å². The van der Waals surface area contributed by atoms with Crippen LogP contribution in [0.3, 0.4) is 0 Å². The molecule has 2 rings (SSSR count). The van der Waals surface area contributed by atoms with Crippen molar-refractivity contribution in [2.45, 2.75) is 33.6 Å². The minimum absolute atomic E-state index is 0.0155. The van der Waals surface area contributed by atoms with Gasteiger partial charge in [-0.1, -0.05) is 32.0 Å².